The SMILES string of the molecule is Cc1cccc2c1Cc1c(S)cccc1C2. The molecule has 0 unspecified atom stereocenters. The minimum absolute atomic E-state index is 1.04. The summed E-state index contributed by atoms with van der Waals surface area (Å²) in [7, 11) is 0. The van der Waals surface area contributed by atoms with Crippen LogP contribution in [-0.2, 0) is 12.8 Å². The smallest absolute Gasteiger partial charge is 0.00782 e. The highest BCUT2D eigenvalue weighted by atomic mass is 32.1. The summed E-state index contributed by atoms with van der Waals surface area (Å²) in [6, 6.07) is 13.0. The average Bonchev–Trinajstić information content (AvgIpc) is 2.28. The van der Waals surface area contributed by atoms with Crippen molar-refractivity contribution in [1.82, 2.24) is 0 Å². The number of rotatable bonds is 0. The number of hydrogen-bond acceptors (Lipinski definition) is 1. The maximum Gasteiger partial charge on any atom is 0.00782 e. The van der Waals surface area contributed by atoms with Crippen molar-refractivity contribution < 1.29 is 0 Å². The molecule has 0 aliphatic heterocycles. The second-order valence-corrected chi connectivity index (χ2v) is 4.96. The first-order valence-electron chi connectivity index (χ1n) is 5.63. The van der Waals surface area contributed by atoms with E-state index in [0.29, 0.717) is 0 Å². The third kappa shape index (κ3) is 1.47. The lowest BCUT2D eigenvalue weighted by atomic mass is 9.84. The van der Waals surface area contributed by atoms with E-state index in [9.17, 15) is 0 Å². The summed E-state index contributed by atoms with van der Waals surface area (Å²) in [6.45, 7) is 2.20. The number of thiol groups is 1. The minimum atomic E-state index is 1.04. The van der Waals surface area contributed by atoms with E-state index in [1.54, 1.807) is 0 Å². The molecule has 2 aromatic carbocycles. The topological polar surface area (TPSA) is 0 Å². The van der Waals surface area contributed by atoms with Gasteiger partial charge in [0.1, 0.15) is 0 Å². The molecule has 3 rings (SSSR count). The fraction of sp³-hybridized carbons (Fsp3) is 0.200. The molecule has 0 atom stereocenters. The van der Waals surface area contributed by atoms with E-state index in [4.69, 9.17) is 0 Å². The molecule has 2 aromatic rings. The summed E-state index contributed by atoms with van der Waals surface area (Å²) in [5.41, 5.74) is 7.22. The van der Waals surface area contributed by atoms with E-state index in [-0.39, 0.29) is 0 Å². The second kappa shape index (κ2) is 3.67. The van der Waals surface area contributed by atoms with Crippen LogP contribution in [0, 0.1) is 6.92 Å². The molecule has 0 aromatic heterocycles. The molecule has 1 aliphatic carbocycles. The molecule has 0 amide bonds. The van der Waals surface area contributed by atoms with Crippen LogP contribution in [-0.4, -0.2) is 0 Å². The summed E-state index contributed by atoms with van der Waals surface area (Å²) in [4.78, 5) is 1.13. The van der Waals surface area contributed by atoms with Crippen LogP contribution in [0.25, 0.3) is 0 Å². The van der Waals surface area contributed by atoms with E-state index in [1.165, 1.54) is 27.8 Å². The largest absolute Gasteiger partial charge is 0.143 e. The number of hydrogen-bond donors (Lipinski definition) is 1. The van der Waals surface area contributed by atoms with E-state index in [2.05, 4.69) is 56.0 Å². The zero-order chi connectivity index (χ0) is 11.1. The molecule has 0 heterocycles. The average molecular weight is 226 g/mol. The predicted molar refractivity (Wildman–Crippen MR) is 70.5 cm³/mol. The number of aryl methyl sites for hydroxylation is 1. The highest BCUT2D eigenvalue weighted by molar-refractivity contribution is 7.80. The van der Waals surface area contributed by atoms with Crippen molar-refractivity contribution in [2.75, 3.05) is 0 Å². The van der Waals surface area contributed by atoms with Crippen LogP contribution in [0.2, 0.25) is 0 Å². The van der Waals surface area contributed by atoms with Crippen LogP contribution >= 0.6 is 12.6 Å². The molecule has 1 aliphatic rings. The normalized spacial score (nSPS) is 13.1. The van der Waals surface area contributed by atoms with E-state index < -0.39 is 0 Å². The molecule has 16 heavy (non-hydrogen) atoms. The molecule has 0 N–H and O–H groups in total. The van der Waals surface area contributed by atoms with Crippen molar-refractivity contribution in [2.45, 2.75) is 24.7 Å². The van der Waals surface area contributed by atoms with Gasteiger partial charge in [0.2, 0.25) is 0 Å². The molecule has 0 saturated carbocycles. The third-order valence-electron chi connectivity index (χ3n) is 3.49. The fourth-order valence-electron chi connectivity index (χ4n) is 2.55. The first-order valence-corrected chi connectivity index (χ1v) is 6.07. The van der Waals surface area contributed by atoms with Crippen LogP contribution in [0.1, 0.15) is 27.8 Å². The Morgan fingerprint density at radius 1 is 0.875 bits per heavy atom. The van der Waals surface area contributed by atoms with E-state index in [1.807, 2.05) is 0 Å². The summed E-state index contributed by atoms with van der Waals surface area (Å²) < 4.78 is 0. The van der Waals surface area contributed by atoms with Crippen molar-refractivity contribution >= 4 is 12.6 Å². The second-order valence-electron chi connectivity index (χ2n) is 4.48. The van der Waals surface area contributed by atoms with Gasteiger partial charge >= 0.3 is 0 Å². The van der Waals surface area contributed by atoms with Crippen molar-refractivity contribution in [3.63, 3.8) is 0 Å². The first kappa shape index (κ1) is 9.98. The van der Waals surface area contributed by atoms with Gasteiger partial charge in [0, 0.05) is 4.90 Å². The van der Waals surface area contributed by atoms with Gasteiger partial charge in [0.15, 0.2) is 0 Å². The van der Waals surface area contributed by atoms with Crippen molar-refractivity contribution in [3.8, 4) is 0 Å². The molecule has 0 radical (unpaired) electrons. The standard InChI is InChI=1S/C15H14S/c1-10-4-2-5-11-8-12-6-3-7-15(16)14(12)9-13(10)11/h2-7,16H,8-9H2,1H3. The summed E-state index contributed by atoms with van der Waals surface area (Å²) >= 11 is 4.56. The fourth-order valence-corrected chi connectivity index (χ4v) is 2.86. The summed E-state index contributed by atoms with van der Waals surface area (Å²) in [6.07, 6.45) is 2.09. The molecule has 0 fully saturated rings. The Balaban J connectivity index is 2.17. The molecule has 1 heteroatoms. The molecule has 0 nitrogen and oxygen atoms in total. The van der Waals surface area contributed by atoms with Gasteiger partial charge in [-0.3, -0.25) is 0 Å². The molecule has 0 spiro atoms. The van der Waals surface area contributed by atoms with Crippen LogP contribution in [0.4, 0.5) is 0 Å². The van der Waals surface area contributed by atoms with Gasteiger partial charge in [-0.25, -0.2) is 0 Å². The van der Waals surface area contributed by atoms with Crippen molar-refractivity contribution in [2.24, 2.45) is 0 Å². The van der Waals surface area contributed by atoms with Gasteiger partial charge in [-0.2, -0.15) is 0 Å². The van der Waals surface area contributed by atoms with Crippen molar-refractivity contribution in [3.05, 3.63) is 64.2 Å². The Bertz CT molecular complexity index is 506. The van der Waals surface area contributed by atoms with Crippen LogP contribution in [0.3, 0.4) is 0 Å². The molecule has 0 saturated heterocycles. The maximum atomic E-state index is 4.56. The lowest BCUT2D eigenvalue weighted by molar-refractivity contribution is 0.957. The lowest BCUT2D eigenvalue weighted by Gasteiger charge is -2.22. The van der Waals surface area contributed by atoms with Crippen molar-refractivity contribution in [1.29, 1.82) is 0 Å². The van der Waals surface area contributed by atoms with Gasteiger partial charge in [-0.1, -0.05) is 30.3 Å². The van der Waals surface area contributed by atoms with Gasteiger partial charge in [0.05, 0.1) is 0 Å². The summed E-state index contributed by atoms with van der Waals surface area (Å²) in [5, 5.41) is 0. The molecular formula is C15H14S. The third-order valence-corrected chi connectivity index (χ3v) is 3.91. The van der Waals surface area contributed by atoms with Gasteiger partial charge in [0.25, 0.3) is 0 Å². The Hall–Kier alpha value is -1.21. The Kier molecular flexibility index (Phi) is 2.29. The highest BCUT2D eigenvalue weighted by Crippen LogP contribution is 2.32. The lowest BCUT2D eigenvalue weighted by Crippen LogP contribution is -2.09. The Labute approximate surface area is 102 Å². The highest BCUT2D eigenvalue weighted by Gasteiger charge is 2.17. The maximum absolute atomic E-state index is 4.56. The van der Waals surface area contributed by atoms with E-state index >= 15 is 0 Å². The monoisotopic (exact) mass is 226 g/mol. The van der Waals surface area contributed by atoms with Gasteiger partial charge in [-0.15, -0.1) is 12.6 Å². The zero-order valence-corrected chi connectivity index (χ0v) is 10.2. The molecule has 0 bridgehead atoms. The number of benzene rings is 2. The Morgan fingerprint density at radius 2 is 1.56 bits per heavy atom. The van der Waals surface area contributed by atoms with Crippen LogP contribution in [0.15, 0.2) is 41.3 Å². The molecular weight excluding hydrogens is 212 g/mol. The summed E-state index contributed by atoms with van der Waals surface area (Å²) in [5.74, 6) is 0. The zero-order valence-electron chi connectivity index (χ0n) is 9.33. The van der Waals surface area contributed by atoms with Gasteiger partial charge in [-0.05, 0) is 53.6 Å². The van der Waals surface area contributed by atoms with E-state index in [0.717, 1.165) is 17.7 Å². The minimum Gasteiger partial charge on any atom is -0.143 e. The van der Waals surface area contributed by atoms with Crippen LogP contribution < -0.4 is 0 Å². The Morgan fingerprint density at radius 3 is 2.38 bits per heavy atom. The quantitative estimate of drug-likeness (QED) is 0.554. The van der Waals surface area contributed by atoms with Crippen LogP contribution in [0.5, 0.6) is 0 Å². The van der Waals surface area contributed by atoms with Gasteiger partial charge < -0.3 is 0 Å². The first-order chi connectivity index (χ1) is 7.75. The number of fused-ring (bicyclic) bond motifs is 2. The predicted octanol–water partition coefficient (Wildman–Crippen LogP) is 3.78. The molecule has 80 valence electrons.